The van der Waals surface area contributed by atoms with Crippen LogP contribution in [0.3, 0.4) is 0 Å². The monoisotopic (exact) mass is 260 g/mol. The highest BCUT2D eigenvalue weighted by Crippen LogP contribution is 2.37. The second-order valence-electron chi connectivity index (χ2n) is 6.13. The van der Waals surface area contributed by atoms with Crippen LogP contribution in [0.25, 0.3) is 0 Å². The summed E-state index contributed by atoms with van der Waals surface area (Å²) in [5, 5.41) is 0. The predicted octanol–water partition coefficient (Wildman–Crippen LogP) is 3.47. The Labute approximate surface area is 118 Å². The van der Waals surface area contributed by atoms with Gasteiger partial charge in [0.1, 0.15) is 0 Å². The molecule has 0 aliphatic carbocycles. The van der Waals surface area contributed by atoms with Crippen molar-refractivity contribution in [3.05, 3.63) is 34.9 Å². The summed E-state index contributed by atoms with van der Waals surface area (Å²) >= 11 is 0. The summed E-state index contributed by atoms with van der Waals surface area (Å²) in [6.45, 7) is 11.1. The van der Waals surface area contributed by atoms with Gasteiger partial charge in [0, 0.05) is 19.6 Å². The van der Waals surface area contributed by atoms with E-state index in [1.807, 2.05) is 0 Å². The minimum Gasteiger partial charge on any atom is -0.326 e. The third-order valence-electron chi connectivity index (χ3n) is 5.05. The van der Waals surface area contributed by atoms with Crippen LogP contribution in [-0.2, 0) is 13.1 Å². The average molecular weight is 260 g/mol. The van der Waals surface area contributed by atoms with E-state index in [-0.39, 0.29) is 0 Å². The maximum absolute atomic E-state index is 5.69. The molecule has 1 aromatic rings. The molecule has 0 unspecified atom stereocenters. The van der Waals surface area contributed by atoms with E-state index >= 15 is 0 Å². The molecular formula is C17H28N2. The summed E-state index contributed by atoms with van der Waals surface area (Å²) in [6, 6.07) is 6.67. The van der Waals surface area contributed by atoms with Crippen LogP contribution in [0.4, 0.5) is 0 Å². The summed E-state index contributed by atoms with van der Waals surface area (Å²) in [4.78, 5) is 2.62. The summed E-state index contributed by atoms with van der Waals surface area (Å²) in [5.74, 6) is 0. The third kappa shape index (κ3) is 3.18. The van der Waals surface area contributed by atoms with Crippen molar-refractivity contribution >= 4 is 0 Å². The molecule has 1 heterocycles. The van der Waals surface area contributed by atoms with Crippen molar-refractivity contribution in [3.8, 4) is 0 Å². The molecule has 2 rings (SSSR count). The molecule has 2 nitrogen and oxygen atoms in total. The first-order chi connectivity index (χ1) is 9.12. The smallest absolute Gasteiger partial charge is 0.0236 e. The Hall–Kier alpha value is -0.860. The highest BCUT2D eigenvalue weighted by molar-refractivity contribution is 5.31. The standard InChI is InChI=1S/C17H28N2/c1-4-17(5-2)8-9-19(13-17)12-16-7-6-15(11-18)10-14(16)3/h6-7,10H,4-5,8-9,11-13,18H2,1-3H3. The molecule has 0 atom stereocenters. The molecule has 1 saturated heterocycles. The topological polar surface area (TPSA) is 29.3 Å². The fraction of sp³-hybridized carbons (Fsp3) is 0.647. The minimum atomic E-state index is 0.575. The van der Waals surface area contributed by atoms with Gasteiger partial charge in [0.2, 0.25) is 0 Å². The zero-order chi connectivity index (χ0) is 13.9. The molecule has 0 aromatic heterocycles. The van der Waals surface area contributed by atoms with Crippen LogP contribution in [0, 0.1) is 12.3 Å². The van der Waals surface area contributed by atoms with Gasteiger partial charge in [-0.25, -0.2) is 0 Å². The first-order valence-electron chi connectivity index (χ1n) is 7.63. The van der Waals surface area contributed by atoms with E-state index in [0.29, 0.717) is 12.0 Å². The predicted molar refractivity (Wildman–Crippen MR) is 82.0 cm³/mol. The highest BCUT2D eigenvalue weighted by atomic mass is 15.2. The van der Waals surface area contributed by atoms with Gasteiger partial charge in [0.05, 0.1) is 0 Å². The van der Waals surface area contributed by atoms with Crippen molar-refractivity contribution in [1.82, 2.24) is 4.90 Å². The lowest BCUT2D eigenvalue weighted by molar-refractivity contribution is 0.236. The Bertz CT molecular complexity index is 421. The average Bonchev–Trinajstić information content (AvgIpc) is 2.85. The van der Waals surface area contributed by atoms with Crippen molar-refractivity contribution in [1.29, 1.82) is 0 Å². The molecule has 1 aromatic carbocycles. The Morgan fingerprint density at radius 2 is 2.00 bits per heavy atom. The van der Waals surface area contributed by atoms with E-state index < -0.39 is 0 Å². The SMILES string of the molecule is CCC1(CC)CCN(Cc2ccc(CN)cc2C)C1. The lowest BCUT2D eigenvalue weighted by Crippen LogP contribution is -2.26. The van der Waals surface area contributed by atoms with Gasteiger partial charge in [-0.3, -0.25) is 4.90 Å². The molecule has 0 radical (unpaired) electrons. The Morgan fingerprint density at radius 1 is 1.26 bits per heavy atom. The van der Waals surface area contributed by atoms with Crippen molar-refractivity contribution in [2.45, 2.75) is 53.1 Å². The normalized spacial score (nSPS) is 18.9. The number of hydrogen-bond donors (Lipinski definition) is 1. The lowest BCUT2D eigenvalue weighted by atomic mass is 9.82. The van der Waals surface area contributed by atoms with Gasteiger partial charge < -0.3 is 5.73 Å². The van der Waals surface area contributed by atoms with E-state index in [1.54, 1.807) is 0 Å². The van der Waals surface area contributed by atoms with Crippen LogP contribution in [0.2, 0.25) is 0 Å². The van der Waals surface area contributed by atoms with Gasteiger partial charge in [-0.15, -0.1) is 0 Å². The number of likely N-dealkylation sites (tertiary alicyclic amines) is 1. The van der Waals surface area contributed by atoms with E-state index in [4.69, 9.17) is 5.73 Å². The molecule has 0 amide bonds. The molecule has 0 saturated carbocycles. The van der Waals surface area contributed by atoms with Gasteiger partial charge in [-0.2, -0.15) is 0 Å². The first kappa shape index (κ1) is 14.5. The molecule has 0 bridgehead atoms. The molecule has 106 valence electrons. The summed E-state index contributed by atoms with van der Waals surface area (Å²) in [7, 11) is 0. The number of benzene rings is 1. The van der Waals surface area contributed by atoms with E-state index in [2.05, 4.69) is 43.9 Å². The van der Waals surface area contributed by atoms with Crippen molar-refractivity contribution in [2.24, 2.45) is 11.1 Å². The van der Waals surface area contributed by atoms with Crippen LogP contribution < -0.4 is 5.73 Å². The summed E-state index contributed by atoms with van der Waals surface area (Å²) in [5.41, 5.74) is 10.3. The Balaban J connectivity index is 2.03. The quantitative estimate of drug-likeness (QED) is 0.878. The Morgan fingerprint density at radius 3 is 2.53 bits per heavy atom. The molecule has 19 heavy (non-hydrogen) atoms. The number of nitrogens with zero attached hydrogens (tertiary/aromatic N) is 1. The van der Waals surface area contributed by atoms with Crippen molar-refractivity contribution in [2.75, 3.05) is 13.1 Å². The third-order valence-corrected chi connectivity index (χ3v) is 5.05. The van der Waals surface area contributed by atoms with Gasteiger partial charge >= 0.3 is 0 Å². The van der Waals surface area contributed by atoms with Crippen molar-refractivity contribution in [3.63, 3.8) is 0 Å². The molecule has 2 heteroatoms. The number of nitrogens with two attached hydrogens (primary N) is 1. The fourth-order valence-electron chi connectivity index (χ4n) is 3.29. The maximum Gasteiger partial charge on any atom is 0.0236 e. The first-order valence-corrected chi connectivity index (χ1v) is 7.63. The highest BCUT2D eigenvalue weighted by Gasteiger charge is 2.34. The zero-order valence-corrected chi connectivity index (χ0v) is 12.7. The van der Waals surface area contributed by atoms with Crippen LogP contribution in [0.15, 0.2) is 18.2 Å². The van der Waals surface area contributed by atoms with Crippen molar-refractivity contribution < 1.29 is 0 Å². The number of hydrogen-bond acceptors (Lipinski definition) is 2. The molecule has 1 aliphatic heterocycles. The summed E-state index contributed by atoms with van der Waals surface area (Å²) < 4.78 is 0. The fourth-order valence-corrected chi connectivity index (χ4v) is 3.29. The number of rotatable bonds is 5. The lowest BCUT2D eigenvalue weighted by Gasteiger charge is -2.26. The second kappa shape index (κ2) is 6.06. The molecule has 1 aliphatic rings. The Kier molecular flexibility index (Phi) is 4.64. The molecule has 0 spiro atoms. The number of aryl methyl sites for hydroxylation is 1. The van der Waals surface area contributed by atoms with Crippen LogP contribution in [-0.4, -0.2) is 18.0 Å². The molecule has 1 fully saturated rings. The molecular weight excluding hydrogens is 232 g/mol. The maximum atomic E-state index is 5.69. The van der Waals surface area contributed by atoms with E-state index in [0.717, 1.165) is 6.54 Å². The summed E-state index contributed by atoms with van der Waals surface area (Å²) in [6.07, 6.45) is 3.98. The van der Waals surface area contributed by atoms with E-state index in [1.165, 1.54) is 49.0 Å². The van der Waals surface area contributed by atoms with Crippen LogP contribution in [0.5, 0.6) is 0 Å². The zero-order valence-electron chi connectivity index (χ0n) is 12.7. The molecule has 2 N–H and O–H groups in total. The minimum absolute atomic E-state index is 0.575. The van der Waals surface area contributed by atoms with Gasteiger partial charge in [0.25, 0.3) is 0 Å². The van der Waals surface area contributed by atoms with E-state index in [9.17, 15) is 0 Å². The van der Waals surface area contributed by atoms with Gasteiger partial charge in [-0.1, -0.05) is 32.0 Å². The van der Waals surface area contributed by atoms with Crippen LogP contribution >= 0.6 is 0 Å². The largest absolute Gasteiger partial charge is 0.326 e. The van der Waals surface area contributed by atoms with Gasteiger partial charge in [-0.05, 0) is 54.8 Å². The second-order valence-corrected chi connectivity index (χ2v) is 6.13. The van der Waals surface area contributed by atoms with Gasteiger partial charge in [0.15, 0.2) is 0 Å². The van der Waals surface area contributed by atoms with Crippen LogP contribution in [0.1, 0.15) is 49.8 Å².